The van der Waals surface area contributed by atoms with E-state index in [2.05, 4.69) is 15.2 Å². The molecule has 2 aliphatic rings. The molecule has 1 N–H and O–H groups in total. The average molecular weight is 493 g/mol. The molecule has 0 spiro atoms. The zero-order chi connectivity index (χ0) is 23.0. The highest BCUT2D eigenvalue weighted by Crippen LogP contribution is 2.30. The topological polar surface area (TPSA) is 76.6 Å². The molecule has 3 heterocycles. The van der Waals surface area contributed by atoms with E-state index in [1.54, 1.807) is 29.8 Å². The Labute approximate surface area is 204 Å². The van der Waals surface area contributed by atoms with Crippen molar-refractivity contribution in [1.82, 2.24) is 20.2 Å². The summed E-state index contributed by atoms with van der Waals surface area (Å²) in [5.74, 6) is 0.915. The van der Waals surface area contributed by atoms with Crippen molar-refractivity contribution in [3.63, 3.8) is 0 Å². The van der Waals surface area contributed by atoms with Crippen LogP contribution in [0.15, 0.2) is 6.20 Å². The number of nitrogens with one attached hydrogen (secondary N) is 1. The van der Waals surface area contributed by atoms with E-state index in [0.29, 0.717) is 25.7 Å². The molecule has 1 aliphatic carbocycles. The molecule has 0 unspecified atom stereocenters. The van der Waals surface area contributed by atoms with Gasteiger partial charge in [-0.1, -0.05) is 11.3 Å². The number of methoxy groups -OCH3 is 1. The van der Waals surface area contributed by atoms with E-state index < -0.39 is 0 Å². The molecule has 7 nitrogen and oxygen atoms in total. The minimum Gasteiger partial charge on any atom is -0.468 e. The lowest BCUT2D eigenvalue weighted by atomic mass is 9.84. The van der Waals surface area contributed by atoms with Crippen LogP contribution in [0.5, 0.6) is 5.19 Å². The Morgan fingerprint density at radius 3 is 2.76 bits per heavy atom. The highest BCUT2D eigenvalue weighted by Gasteiger charge is 2.24. The van der Waals surface area contributed by atoms with Crippen LogP contribution < -0.4 is 10.1 Å². The van der Waals surface area contributed by atoms with E-state index in [9.17, 15) is 4.79 Å². The van der Waals surface area contributed by atoms with Gasteiger partial charge in [-0.3, -0.25) is 4.79 Å². The SMILES string of the molecule is COCCOc1nc2c(s1)CCN(CCC1CCC(NC(=O)Cc3cnc(C)s3)CC1)CC2. The molecular weight excluding hydrogens is 456 g/mol. The van der Waals surface area contributed by atoms with Crippen LogP contribution in [0.2, 0.25) is 0 Å². The van der Waals surface area contributed by atoms with E-state index >= 15 is 0 Å². The number of nitrogens with zero attached hydrogens (tertiary/aromatic N) is 3. The smallest absolute Gasteiger partial charge is 0.273 e. The predicted octanol–water partition coefficient (Wildman–Crippen LogP) is 3.64. The van der Waals surface area contributed by atoms with Crippen LogP contribution in [-0.4, -0.2) is 66.8 Å². The van der Waals surface area contributed by atoms with Crippen LogP contribution >= 0.6 is 22.7 Å². The lowest BCUT2D eigenvalue weighted by Crippen LogP contribution is -2.38. The number of rotatable bonds is 10. The van der Waals surface area contributed by atoms with Gasteiger partial charge in [0.05, 0.1) is 23.7 Å². The highest BCUT2D eigenvalue weighted by atomic mass is 32.1. The number of fused-ring (bicyclic) bond motifs is 1. The van der Waals surface area contributed by atoms with Gasteiger partial charge < -0.3 is 19.7 Å². The van der Waals surface area contributed by atoms with Crippen LogP contribution in [0.4, 0.5) is 0 Å². The molecule has 1 aliphatic heterocycles. The van der Waals surface area contributed by atoms with Crippen molar-refractivity contribution in [3.8, 4) is 5.19 Å². The first-order valence-electron chi connectivity index (χ1n) is 12.1. The van der Waals surface area contributed by atoms with Gasteiger partial charge in [0.2, 0.25) is 5.91 Å². The number of carbonyl (C=O) groups is 1. The number of hydrogen-bond donors (Lipinski definition) is 1. The molecule has 2 aromatic rings. The van der Waals surface area contributed by atoms with E-state index in [1.165, 1.54) is 36.4 Å². The van der Waals surface area contributed by atoms with Crippen LogP contribution in [0.3, 0.4) is 0 Å². The fourth-order valence-electron chi connectivity index (χ4n) is 4.77. The Kier molecular flexibility index (Phi) is 9.11. The van der Waals surface area contributed by atoms with Gasteiger partial charge in [0.25, 0.3) is 5.19 Å². The first-order chi connectivity index (χ1) is 16.1. The highest BCUT2D eigenvalue weighted by molar-refractivity contribution is 7.13. The van der Waals surface area contributed by atoms with Crippen molar-refractivity contribution < 1.29 is 14.3 Å². The van der Waals surface area contributed by atoms with Crippen molar-refractivity contribution in [2.45, 2.75) is 64.3 Å². The van der Waals surface area contributed by atoms with E-state index in [0.717, 1.165) is 59.8 Å². The molecule has 0 aromatic carbocycles. The molecule has 0 atom stereocenters. The van der Waals surface area contributed by atoms with Gasteiger partial charge in [-0.2, -0.15) is 0 Å². The second-order valence-corrected chi connectivity index (χ2v) is 11.5. The molecule has 1 saturated carbocycles. The quantitative estimate of drug-likeness (QED) is 0.511. The zero-order valence-corrected chi connectivity index (χ0v) is 21.4. The minimum atomic E-state index is 0.139. The Bertz CT molecular complexity index is 867. The van der Waals surface area contributed by atoms with Gasteiger partial charge in [0, 0.05) is 48.6 Å². The molecule has 0 saturated heterocycles. The Morgan fingerprint density at radius 2 is 2.00 bits per heavy atom. The molecule has 2 aromatic heterocycles. The number of thiazole rings is 2. The van der Waals surface area contributed by atoms with Crippen LogP contribution in [0.1, 0.15) is 52.6 Å². The van der Waals surface area contributed by atoms with Crippen LogP contribution in [0.25, 0.3) is 0 Å². The third-order valence-corrected chi connectivity index (χ3v) is 8.64. The molecular formula is C24H36N4O3S2. The number of carbonyl (C=O) groups excluding carboxylic acids is 1. The Hall–Kier alpha value is -1.55. The molecule has 1 amide bonds. The maximum absolute atomic E-state index is 12.3. The fraction of sp³-hybridized carbons (Fsp3) is 0.708. The normalized spacial score (nSPS) is 21.4. The predicted molar refractivity (Wildman–Crippen MR) is 132 cm³/mol. The average Bonchev–Trinajstić information content (AvgIpc) is 3.34. The lowest BCUT2D eigenvalue weighted by Gasteiger charge is -2.30. The van der Waals surface area contributed by atoms with Crippen molar-refractivity contribution in [2.24, 2.45) is 5.92 Å². The number of aryl methyl sites for hydroxylation is 1. The molecule has 33 heavy (non-hydrogen) atoms. The first kappa shape index (κ1) is 24.6. The molecule has 4 rings (SSSR count). The van der Waals surface area contributed by atoms with Crippen LogP contribution in [-0.2, 0) is 28.8 Å². The van der Waals surface area contributed by atoms with Crippen molar-refractivity contribution in [3.05, 3.63) is 26.7 Å². The second-order valence-electron chi connectivity index (χ2n) is 9.13. The van der Waals surface area contributed by atoms with Crippen molar-refractivity contribution >= 4 is 28.6 Å². The summed E-state index contributed by atoms with van der Waals surface area (Å²) >= 11 is 3.31. The number of aromatic nitrogens is 2. The van der Waals surface area contributed by atoms with Crippen molar-refractivity contribution in [2.75, 3.05) is 40.0 Å². The van der Waals surface area contributed by atoms with Gasteiger partial charge >= 0.3 is 0 Å². The zero-order valence-electron chi connectivity index (χ0n) is 19.8. The summed E-state index contributed by atoms with van der Waals surface area (Å²) in [7, 11) is 1.69. The van der Waals surface area contributed by atoms with Crippen molar-refractivity contribution in [1.29, 1.82) is 0 Å². The van der Waals surface area contributed by atoms with E-state index in [1.807, 2.05) is 13.1 Å². The summed E-state index contributed by atoms with van der Waals surface area (Å²) in [5.41, 5.74) is 1.22. The Balaban J connectivity index is 1.12. The van der Waals surface area contributed by atoms with E-state index in [-0.39, 0.29) is 5.91 Å². The summed E-state index contributed by atoms with van der Waals surface area (Å²) < 4.78 is 10.7. The second kappa shape index (κ2) is 12.2. The fourth-order valence-corrected chi connectivity index (χ4v) is 6.53. The maximum Gasteiger partial charge on any atom is 0.273 e. The third-order valence-electron chi connectivity index (χ3n) is 6.66. The van der Waals surface area contributed by atoms with Gasteiger partial charge in [0.1, 0.15) is 6.61 Å². The Morgan fingerprint density at radius 1 is 1.18 bits per heavy atom. The van der Waals surface area contributed by atoms with Gasteiger partial charge in [0.15, 0.2) is 0 Å². The third kappa shape index (κ3) is 7.47. The van der Waals surface area contributed by atoms with Gasteiger partial charge in [-0.15, -0.1) is 11.3 Å². The largest absolute Gasteiger partial charge is 0.468 e. The van der Waals surface area contributed by atoms with Crippen LogP contribution in [0, 0.1) is 12.8 Å². The molecule has 9 heteroatoms. The standard InChI is InChI=1S/C24H36N4O3S2/c1-17-25-16-20(32-17)15-23(29)26-19-5-3-18(4-6-19)7-10-28-11-8-21-22(9-12-28)33-24(27-21)31-14-13-30-2/h16,18-19H,3-15H2,1-2H3,(H,26,29). The number of ether oxygens (including phenoxy) is 2. The summed E-state index contributed by atoms with van der Waals surface area (Å²) in [6.07, 6.45) is 10.3. The first-order valence-corrected chi connectivity index (χ1v) is 13.8. The molecule has 0 radical (unpaired) electrons. The van der Waals surface area contributed by atoms with Gasteiger partial charge in [-0.25, -0.2) is 9.97 Å². The summed E-state index contributed by atoms with van der Waals surface area (Å²) in [4.78, 5) is 26.3. The minimum absolute atomic E-state index is 0.139. The van der Waals surface area contributed by atoms with Gasteiger partial charge in [-0.05, 0) is 57.9 Å². The monoisotopic (exact) mass is 492 g/mol. The summed E-state index contributed by atoms with van der Waals surface area (Å²) in [6, 6.07) is 0.336. The molecule has 1 fully saturated rings. The molecule has 0 bridgehead atoms. The van der Waals surface area contributed by atoms with E-state index in [4.69, 9.17) is 14.5 Å². The summed E-state index contributed by atoms with van der Waals surface area (Å²) in [6.45, 7) is 6.49. The maximum atomic E-state index is 12.3. The lowest BCUT2D eigenvalue weighted by molar-refractivity contribution is -0.121. The summed E-state index contributed by atoms with van der Waals surface area (Å²) in [5, 5.41) is 5.05. The number of hydrogen-bond acceptors (Lipinski definition) is 8. The number of amides is 1. The molecule has 182 valence electrons.